The van der Waals surface area contributed by atoms with Gasteiger partial charge in [0.05, 0.1) is 6.04 Å². The van der Waals surface area contributed by atoms with E-state index in [4.69, 9.17) is 0 Å². The van der Waals surface area contributed by atoms with Crippen molar-refractivity contribution in [3.05, 3.63) is 130 Å². The summed E-state index contributed by atoms with van der Waals surface area (Å²) in [6.45, 7) is 11.5. The molecule has 1 aliphatic carbocycles. The number of nitrogens with one attached hydrogen (secondary N) is 1. The van der Waals surface area contributed by atoms with Crippen LogP contribution in [0.1, 0.15) is 85.8 Å². The molecule has 1 amide bonds. The second-order valence-corrected chi connectivity index (χ2v) is 11.3. The zero-order valence-electron chi connectivity index (χ0n) is 23.6. The number of Topliss-reactive ketones (excluding diaryl/α,β-unsaturated/α-hetero) is 1. The lowest BCUT2D eigenvalue weighted by molar-refractivity contribution is -0.115. The predicted octanol–water partition coefficient (Wildman–Crippen LogP) is 7.34. The van der Waals surface area contributed by atoms with Gasteiger partial charge in [-0.15, -0.1) is 0 Å². The van der Waals surface area contributed by atoms with E-state index in [9.17, 15) is 14.7 Å². The lowest BCUT2D eigenvalue weighted by atomic mass is 9.75. The molecule has 4 aromatic rings. The van der Waals surface area contributed by atoms with Crippen molar-refractivity contribution in [2.75, 3.05) is 0 Å². The number of rotatable bonds is 4. The fourth-order valence-corrected chi connectivity index (χ4v) is 5.25. The molecule has 39 heavy (non-hydrogen) atoms. The number of amides is 1. The number of carbonyl (C=O) groups is 2. The van der Waals surface area contributed by atoms with Gasteiger partial charge in [0.1, 0.15) is 11.4 Å². The van der Waals surface area contributed by atoms with Gasteiger partial charge in [0.15, 0.2) is 0 Å². The molecule has 0 saturated carbocycles. The minimum atomic E-state index is -1.35. The first-order valence-electron chi connectivity index (χ1n) is 13.3. The number of aliphatic hydroxyl groups is 1. The molecule has 0 radical (unpaired) electrons. The summed E-state index contributed by atoms with van der Waals surface area (Å²) in [5, 5.41) is 15.7. The summed E-state index contributed by atoms with van der Waals surface area (Å²) >= 11 is 0. The highest BCUT2D eigenvalue weighted by atomic mass is 16.3. The summed E-state index contributed by atoms with van der Waals surface area (Å²) in [6, 6.07) is 31.6. The van der Waals surface area contributed by atoms with Crippen LogP contribution < -0.4 is 5.32 Å². The summed E-state index contributed by atoms with van der Waals surface area (Å²) in [4.78, 5) is 22.7. The van der Waals surface area contributed by atoms with Gasteiger partial charge in [-0.1, -0.05) is 106 Å². The Kier molecular flexibility index (Phi) is 7.89. The quantitative estimate of drug-likeness (QED) is 0.297. The molecule has 0 aromatic heterocycles. The first-order valence-corrected chi connectivity index (χ1v) is 13.3. The fourth-order valence-electron chi connectivity index (χ4n) is 5.25. The molecule has 4 heteroatoms. The summed E-state index contributed by atoms with van der Waals surface area (Å²) in [5.74, 6) is 0.00608. The third kappa shape index (κ3) is 5.57. The van der Waals surface area contributed by atoms with E-state index in [0.29, 0.717) is 5.56 Å². The average molecular weight is 520 g/mol. The van der Waals surface area contributed by atoms with Gasteiger partial charge >= 0.3 is 0 Å². The van der Waals surface area contributed by atoms with Gasteiger partial charge in [-0.3, -0.25) is 4.79 Å². The molecule has 0 bridgehead atoms. The van der Waals surface area contributed by atoms with Crippen LogP contribution in [-0.2, 0) is 15.8 Å². The third-order valence-electron chi connectivity index (χ3n) is 7.05. The van der Waals surface area contributed by atoms with E-state index in [1.807, 2.05) is 97.9 Å². The number of fused-ring (bicyclic) bond motifs is 3. The molecule has 0 spiro atoms. The highest BCUT2D eigenvalue weighted by molar-refractivity contribution is 5.96. The van der Waals surface area contributed by atoms with E-state index in [0.717, 1.165) is 38.9 Å². The summed E-state index contributed by atoms with van der Waals surface area (Å²) in [7, 11) is 0. The van der Waals surface area contributed by atoms with E-state index >= 15 is 0 Å². The number of benzene rings is 4. The second-order valence-electron chi connectivity index (χ2n) is 11.3. The zero-order chi connectivity index (χ0) is 28.4. The van der Waals surface area contributed by atoms with E-state index in [2.05, 4.69) is 32.2 Å². The first-order chi connectivity index (χ1) is 18.4. The fraction of sp³-hybridized carbons (Fsp3) is 0.257. The van der Waals surface area contributed by atoms with Crippen LogP contribution in [0.15, 0.2) is 97.1 Å². The van der Waals surface area contributed by atoms with Crippen LogP contribution in [-0.4, -0.2) is 16.8 Å². The largest absolute Gasteiger partial charge is 0.376 e. The predicted molar refractivity (Wildman–Crippen MR) is 158 cm³/mol. The van der Waals surface area contributed by atoms with Crippen LogP contribution in [0.2, 0.25) is 0 Å². The summed E-state index contributed by atoms with van der Waals surface area (Å²) in [5.41, 5.74) is 5.55. The number of hydrogen-bond donors (Lipinski definition) is 2. The molecular formula is C35H37NO3. The minimum absolute atomic E-state index is 0.130. The topological polar surface area (TPSA) is 66.4 Å². The van der Waals surface area contributed by atoms with Crippen molar-refractivity contribution >= 4 is 11.7 Å². The van der Waals surface area contributed by atoms with Gasteiger partial charge in [-0.05, 0) is 66.1 Å². The smallest absolute Gasteiger partial charge is 0.251 e. The monoisotopic (exact) mass is 519 g/mol. The van der Waals surface area contributed by atoms with Crippen LogP contribution in [0.25, 0.3) is 11.1 Å². The normalized spacial score (nSPS) is 16.3. The van der Waals surface area contributed by atoms with Crippen molar-refractivity contribution in [1.29, 1.82) is 0 Å². The Morgan fingerprint density at radius 3 is 1.92 bits per heavy atom. The molecule has 0 saturated heterocycles. The number of hydrogen-bond acceptors (Lipinski definition) is 3. The Balaban J connectivity index is 0.000000826. The van der Waals surface area contributed by atoms with Crippen molar-refractivity contribution < 1.29 is 14.7 Å². The Hall–Kier alpha value is -4.02. The van der Waals surface area contributed by atoms with Crippen LogP contribution in [0, 0.1) is 0 Å². The maximum atomic E-state index is 13.3. The molecule has 0 heterocycles. The molecular weight excluding hydrogens is 482 g/mol. The van der Waals surface area contributed by atoms with Crippen molar-refractivity contribution in [1.82, 2.24) is 5.32 Å². The van der Waals surface area contributed by atoms with Crippen molar-refractivity contribution in [2.24, 2.45) is 0 Å². The lowest BCUT2D eigenvalue weighted by Crippen LogP contribution is -2.31. The van der Waals surface area contributed by atoms with E-state index in [-0.39, 0.29) is 23.1 Å². The maximum Gasteiger partial charge on any atom is 0.251 e. The van der Waals surface area contributed by atoms with Crippen LogP contribution in [0.5, 0.6) is 0 Å². The van der Waals surface area contributed by atoms with Gasteiger partial charge in [0.25, 0.3) is 5.91 Å². The number of carbonyl (C=O) groups excluding carboxylic acids is 2. The Morgan fingerprint density at radius 2 is 1.28 bits per heavy atom. The van der Waals surface area contributed by atoms with E-state index < -0.39 is 5.60 Å². The van der Waals surface area contributed by atoms with Crippen molar-refractivity contribution in [2.45, 2.75) is 58.6 Å². The van der Waals surface area contributed by atoms with Crippen LogP contribution in [0.4, 0.5) is 0 Å². The highest BCUT2D eigenvalue weighted by Crippen LogP contribution is 2.52. The maximum absolute atomic E-state index is 13.3. The standard InChI is InChI=1S/C32H31NO2.C3H6O/c1-21(22-12-6-5-7-13-22)33-30(34)23-18-19-25-24-14-8-9-15-26(24)32(35,29(25)20-23)28-17-11-10-16-27(28)31(2,3)4;1-3(2)4/h5-21,35H,1-4H3,(H,33,34);1-2H3/t21-,32-;/m0./s1. The van der Waals surface area contributed by atoms with Gasteiger partial charge < -0.3 is 15.2 Å². The minimum Gasteiger partial charge on any atom is -0.376 e. The van der Waals surface area contributed by atoms with E-state index in [1.165, 1.54) is 13.8 Å². The zero-order valence-corrected chi connectivity index (χ0v) is 23.6. The van der Waals surface area contributed by atoms with E-state index in [1.54, 1.807) is 0 Å². The molecule has 1 aliphatic rings. The molecule has 4 nitrogen and oxygen atoms in total. The van der Waals surface area contributed by atoms with Crippen molar-refractivity contribution in [3.8, 4) is 11.1 Å². The molecule has 5 rings (SSSR count). The lowest BCUT2D eigenvalue weighted by Gasteiger charge is -2.33. The van der Waals surface area contributed by atoms with Gasteiger partial charge in [0, 0.05) is 16.7 Å². The molecule has 2 N–H and O–H groups in total. The summed E-state index contributed by atoms with van der Waals surface area (Å²) < 4.78 is 0. The van der Waals surface area contributed by atoms with Crippen LogP contribution in [0.3, 0.4) is 0 Å². The molecule has 2 atom stereocenters. The first kappa shape index (κ1) is 28.0. The molecule has 200 valence electrons. The molecule has 0 aliphatic heterocycles. The van der Waals surface area contributed by atoms with Crippen LogP contribution >= 0.6 is 0 Å². The third-order valence-corrected chi connectivity index (χ3v) is 7.05. The Bertz CT molecular complexity index is 1500. The van der Waals surface area contributed by atoms with Gasteiger partial charge in [0.2, 0.25) is 0 Å². The second kappa shape index (κ2) is 11.0. The molecule has 0 unspecified atom stereocenters. The van der Waals surface area contributed by atoms with Gasteiger partial charge in [-0.25, -0.2) is 0 Å². The summed E-state index contributed by atoms with van der Waals surface area (Å²) in [6.07, 6.45) is 0. The van der Waals surface area contributed by atoms with Crippen molar-refractivity contribution in [3.63, 3.8) is 0 Å². The highest BCUT2D eigenvalue weighted by Gasteiger charge is 2.45. The Labute approximate surface area is 231 Å². The average Bonchev–Trinajstić information content (AvgIpc) is 3.17. The van der Waals surface area contributed by atoms with Gasteiger partial charge in [-0.2, -0.15) is 0 Å². The molecule has 4 aromatic carbocycles. The SMILES string of the molecule is CC(C)=O.C[C@H](NC(=O)c1ccc2c(c1)[C@@](O)(c1ccccc1C(C)(C)C)c1ccccc1-2)c1ccccc1. The Morgan fingerprint density at radius 1 is 0.744 bits per heavy atom. The number of ketones is 1. The molecule has 0 fully saturated rings.